The van der Waals surface area contributed by atoms with Crippen LogP contribution in [0.1, 0.15) is 46.0 Å². The maximum atomic E-state index is 12.4. The zero-order valence-corrected chi connectivity index (χ0v) is 16.0. The Balaban J connectivity index is 1.85. The number of anilines is 1. The van der Waals surface area contributed by atoms with Crippen LogP contribution in [0.2, 0.25) is 0 Å². The quantitative estimate of drug-likeness (QED) is 0.771. The summed E-state index contributed by atoms with van der Waals surface area (Å²) in [5, 5.41) is 2.87. The Morgan fingerprint density at radius 3 is 2.38 bits per heavy atom. The van der Waals surface area contributed by atoms with Crippen LogP contribution in [-0.2, 0) is 14.3 Å². The van der Waals surface area contributed by atoms with Crippen molar-refractivity contribution in [2.75, 3.05) is 32.1 Å². The minimum atomic E-state index is -0.842. The Kier molecular flexibility index (Phi) is 7.45. The van der Waals surface area contributed by atoms with Crippen LogP contribution >= 0.6 is 0 Å². The lowest BCUT2D eigenvalue weighted by molar-refractivity contribution is -0.136. The molecule has 6 heteroatoms. The molecule has 1 unspecified atom stereocenters. The van der Waals surface area contributed by atoms with Crippen LogP contribution in [0.25, 0.3) is 0 Å². The number of nitrogens with one attached hydrogen (secondary N) is 1. The monoisotopic (exact) mass is 362 g/mol. The standard InChI is InChI=1S/C20H30N2O4/c1-4-12-20(2,25-3)19(24)21-16-8-10-17(11-9-16)26-15-18(23)22-13-6-5-7-14-22/h8-11H,4-7,12-15H2,1-3H3,(H,21,24). The van der Waals surface area contributed by atoms with E-state index in [1.54, 1.807) is 38.3 Å². The maximum absolute atomic E-state index is 12.4. The number of likely N-dealkylation sites (tertiary alicyclic amines) is 1. The molecule has 1 fully saturated rings. The summed E-state index contributed by atoms with van der Waals surface area (Å²) in [6, 6.07) is 7.04. The molecule has 0 aromatic heterocycles. The molecule has 0 saturated carbocycles. The lowest BCUT2D eigenvalue weighted by atomic mass is 9.99. The van der Waals surface area contributed by atoms with Crippen molar-refractivity contribution in [2.45, 2.75) is 51.6 Å². The first-order valence-corrected chi connectivity index (χ1v) is 9.36. The van der Waals surface area contributed by atoms with Crippen molar-refractivity contribution in [3.8, 4) is 5.75 Å². The van der Waals surface area contributed by atoms with Crippen LogP contribution in [0, 0.1) is 0 Å². The molecule has 144 valence electrons. The van der Waals surface area contributed by atoms with Gasteiger partial charge in [0.2, 0.25) is 0 Å². The second-order valence-electron chi connectivity index (χ2n) is 6.89. The number of rotatable bonds is 8. The summed E-state index contributed by atoms with van der Waals surface area (Å²) in [6.07, 6.45) is 4.83. The highest BCUT2D eigenvalue weighted by Gasteiger charge is 2.32. The van der Waals surface area contributed by atoms with Gasteiger partial charge in [-0.1, -0.05) is 13.3 Å². The normalized spacial score (nSPS) is 16.7. The van der Waals surface area contributed by atoms with E-state index in [9.17, 15) is 9.59 Å². The smallest absolute Gasteiger partial charge is 0.260 e. The van der Waals surface area contributed by atoms with E-state index in [0.29, 0.717) is 17.9 Å². The highest BCUT2D eigenvalue weighted by atomic mass is 16.5. The zero-order chi connectivity index (χ0) is 19.0. The van der Waals surface area contributed by atoms with Gasteiger partial charge in [0.05, 0.1) is 0 Å². The highest BCUT2D eigenvalue weighted by Crippen LogP contribution is 2.21. The molecule has 2 amide bonds. The van der Waals surface area contributed by atoms with Gasteiger partial charge in [0.25, 0.3) is 11.8 Å². The van der Waals surface area contributed by atoms with E-state index in [2.05, 4.69) is 5.32 Å². The van der Waals surface area contributed by atoms with Crippen LogP contribution in [0.5, 0.6) is 5.75 Å². The summed E-state index contributed by atoms with van der Waals surface area (Å²) in [5.41, 5.74) is -0.172. The van der Waals surface area contributed by atoms with Crippen LogP contribution in [0.4, 0.5) is 5.69 Å². The summed E-state index contributed by atoms with van der Waals surface area (Å²) in [5.74, 6) is 0.463. The number of piperidine rings is 1. The van der Waals surface area contributed by atoms with Crippen molar-refractivity contribution in [2.24, 2.45) is 0 Å². The number of hydrogen-bond donors (Lipinski definition) is 1. The molecule has 2 rings (SSSR count). The maximum Gasteiger partial charge on any atom is 0.260 e. The van der Waals surface area contributed by atoms with E-state index in [1.165, 1.54) is 6.42 Å². The van der Waals surface area contributed by atoms with Gasteiger partial charge in [-0.25, -0.2) is 0 Å². The molecule has 1 N–H and O–H groups in total. The number of ether oxygens (including phenoxy) is 2. The van der Waals surface area contributed by atoms with Gasteiger partial charge in [-0.05, 0) is 56.9 Å². The summed E-state index contributed by atoms with van der Waals surface area (Å²) in [4.78, 5) is 26.4. The SMILES string of the molecule is CCCC(C)(OC)C(=O)Nc1ccc(OCC(=O)N2CCCCC2)cc1. The van der Waals surface area contributed by atoms with Crippen molar-refractivity contribution in [1.29, 1.82) is 0 Å². The molecule has 26 heavy (non-hydrogen) atoms. The summed E-state index contributed by atoms with van der Waals surface area (Å²) < 4.78 is 11.0. The zero-order valence-electron chi connectivity index (χ0n) is 16.0. The second kappa shape index (κ2) is 9.57. The van der Waals surface area contributed by atoms with Crippen LogP contribution in [-0.4, -0.2) is 49.1 Å². The van der Waals surface area contributed by atoms with Crippen molar-refractivity contribution >= 4 is 17.5 Å². The van der Waals surface area contributed by atoms with Gasteiger partial charge in [-0.2, -0.15) is 0 Å². The third-order valence-corrected chi connectivity index (χ3v) is 4.84. The summed E-state index contributed by atoms with van der Waals surface area (Å²) in [6.45, 7) is 5.49. The van der Waals surface area contributed by atoms with Gasteiger partial charge in [-0.15, -0.1) is 0 Å². The van der Waals surface area contributed by atoms with Crippen LogP contribution in [0.3, 0.4) is 0 Å². The first-order chi connectivity index (χ1) is 12.5. The molecule has 1 saturated heterocycles. The Morgan fingerprint density at radius 1 is 1.15 bits per heavy atom. The number of methoxy groups -OCH3 is 1. The van der Waals surface area contributed by atoms with Gasteiger partial charge in [0.15, 0.2) is 6.61 Å². The van der Waals surface area contributed by atoms with Crippen molar-refractivity contribution in [3.05, 3.63) is 24.3 Å². The van der Waals surface area contributed by atoms with Crippen molar-refractivity contribution in [1.82, 2.24) is 4.90 Å². The van der Waals surface area contributed by atoms with Gasteiger partial charge in [-0.3, -0.25) is 9.59 Å². The number of amides is 2. The van der Waals surface area contributed by atoms with E-state index in [4.69, 9.17) is 9.47 Å². The van der Waals surface area contributed by atoms with E-state index in [0.717, 1.165) is 32.4 Å². The molecule has 0 aliphatic carbocycles. The predicted molar refractivity (Wildman–Crippen MR) is 101 cm³/mol. The van der Waals surface area contributed by atoms with E-state index in [-0.39, 0.29) is 18.4 Å². The average molecular weight is 362 g/mol. The molecule has 0 spiro atoms. The molecule has 1 aliphatic heterocycles. The van der Waals surface area contributed by atoms with Gasteiger partial charge in [0.1, 0.15) is 11.4 Å². The fourth-order valence-corrected chi connectivity index (χ4v) is 3.06. The van der Waals surface area contributed by atoms with E-state index >= 15 is 0 Å². The Hall–Kier alpha value is -2.08. The molecule has 1 heterocycles. The summed E-state index contributed by atoms with van der Waals surface area (Å²) >= 11 is 0. The third kappa shape index (κ3) is 5.46. The molecular weight excluding hydrogens is 332 g/mol. The first kappa shape index (κ1) is 20.2. The van der Waals surface area contributed by atoms with E-state index in [1.807, 2.05) is 11.8 Å². The number of benzene rings is 1. The minimum Gasteiger partial charge on any atom is -0.484 e. The average Bonchev–Trinajstić information content (AvgIpc) is 2.68. The molecule has 1 aromatic carbocycles. The fraction of sp³-hybridized carbons (Fsp3) is 0.600. The molecule has 1 atom stereocenters. The topological polar surface area (TPSA) is 67.9 Å². The van der Waals surface area contributed by atoms with Gasteiger partial charge < -0.3 is 19.7 Å². The first-order valence-electron chi connectivity index (χ1n) is 9.36. The lowest BCUT2D eigenvalue weighted by Gasteiger charge is -2.26. The Bertz CT molecular complexity index is 596. The second-order valence-corrected chi connectivity index (χ2v) is 6.89. The fourth-order valence-electron chi connectivity index (χ4n) is 3.06. The van der Waals surface area contributed by atoms with Crippen molar-refractivity contribution in [3.63, 3.8) is 0 Å². The lowest BCUT2D eigenvalue weighted by Crippen LogP contribution is -2.41. The molecular formula is C20H30N2O4. The van der Waals surface area contributed by atoms with Crippen molar-refractivity contribution < 1.29 is 19.1 Å². The number of carbonyl (C=O) groups excluding carboxylic acids is 2. The molecule has 1 aromatic rings. The number of hydrogen-bond acceptors (Lipinski definition) is 4. The molecule has 6 nitrogen and oxygen atoms in total. The van der Waals surface area contributed by atoms with Crippen LogP contribution < -0.4 is 10.1 Å². The molecule has 0 radical (unpaired) electrons. The summed E-state index contributed by atoms with van der Waals surface area (Å²) in [7, 11) is 1.55. The van der Waals surface area contributed by atoms with Gasteiger partial charge in [0, 0.05) is 25.9 Å². The van der Waals surface area contributed by atoms with Gasteiger partial charge >= 0.3 is 0 Å². The largest absolute Gasteiger partial charge is 0.484 e. The number of nitrogens with zero attached hydrogens (tertiary/aromatic N) is 1. The minimum absolute atomic E-state index is 0.0255. The molecule has 1 aliphatic rings. The van der Waals surface area contributed by atoms with Crippen LogP contribution in [0.15, 0.2) is 24.3 Å². The highest BCUT2D eigenvalue weighted by molar-refractivity contribution is 5.97. The Labute approximate surface area is 155 Å². The Morgan fingerprint density at radius 2 is 1.81 bits per heavy atom. The predicted octanol–water partition coefficient (Wildman–Crippen LogP) is 3.22. The molecule has 0 bridgehead atoms. The van der Waals surface area contributed by atoms with E-state index < -0.39 is 5.60 Å². The number of carbonyl (C=O) groups is 2. The third-order valence-electron chi connectivity index (χ3n) is 4.84.